The second-order valence-electron chi connectivity index (χ2n) is 6.68. The molecule has 3 rings (SSSR count). The van der Waals surface area contributed by atoms with Gasteiger partial charge in [-0.25, -0.2) is 4.98 Å². The Kier molecular flexibility index (Phi) is 6.60. The van der Waals surface area contributed by atoms with Gasteiger partial charge in [0.15, 0.2) is 6.61 Å². The second-order valence-corrected chi connectivity index (χ2v) is 7.09. The maximum atomic E-state index is 13.1. The van der Waals surface area contributed by atoms with Crippen LogP contribution in [0, 0.1) is 0 Å². The van der Waals surface area contributed by atoms with Crippen molar-refractivity contribution < 1.29 is 32.2 Å². The summed E-state index contributed by atoms with van der Waals surface area (Å²) in [5.74, 6) is 0.537. The molecule has 2 heterocycles. The number of benzene rings is 1. The van der Waals surface area contributed by atoms with Gasteiger partial charge >= 0.3 is 6.18 Å². The Bertz CT molecular complexity index is 923. The second kappa shape index (κ2) is 8.99. The number of methoxy groups -OCH3 is 2. The molecule has 1 unspecified atom stereocenters. The molecule has 1 aliphatic rings. The minimum absolute atomic E-state index is 0.164. The molecule has 1 fully saturated rings. The van der Waals surface area contributed by atoms with Crippen molar-refractivity contribution in [3.63, 3.8) is 0 Å². The number of amides is 1. The molecule has 2 aromatic rings. The van der Waals surface area contributed by atoms with E-state index >= 15 is 0 Å². The van der Waals surface area contributed by atoms with Gasteiger partial charge < -0.3 is 19.1 Å². The van der Waals surface area contributed by atoms with Crippen molar-refractivity contribution in [2.24, 2.45) is 0 Å². The Labute approximate surface area is 176 Å². The molecule has 6 nitrogen and oxygen atoms in total. The van der Waals surface area contributed by atoms with E-state index in [-0.39, 0.29) is 28.4 Å². The average Bonchev–Trinajstić information content (AvgIpc) is 3.20. The standard InChI is InChI=1S/C20H20ClF3N2O4/c1-28-13-5-6-14(17(9-13)29-2)16-4-3-7-26(16)19(27)12-8-15(21)18(25-10-12)30-11-20(22,23)24/h5-6,8-10,16H,3-4,7,11H2,1-2H3. The first-order valence-electron chi connectivity index (χ1n) is 9.11. The third kappa shape index (κ3) is 4.89. The predicted octanol–water partition coefficient (Wildman–Crippen LogP) is 4.67. The number of carbonyl (C=O) groups excluding carboxylic acids is 1. The molecule has 1 amide bonds. The normalized spacial score (nSPS) is 16.5. The topological polar surface area (TPSA) is 60.9 Å². The van der Waals surface area contributed by atoms with E-state index in [0.29, 0.717) is 18.0 Å². The number of aromatic nitrogens is 1. The monoisotopic (exact) mass is 444 g/mol. The summed E-state index contributed by atoms with van der Waals surface area (Å²) < 4.78 is 52.2. The summed E-state index contributed by atoms with van der Waals surface area (Å²) in [6.07, 6.45) is -1.82. The fraction of sp³-hybridized carbons (Fsp3) is 0.400. The maximum Gasteiger partial charge on any atom is 0.422 e. The summed E-state index contributed by atoms with van der Waals surface area (Å²) in [4.78, 5) is 18.5. The molecule has 0 radical (unpaired) electrons. The summed E-state index contributed by atoms with van der Waals surface area (Å²) in [6, 6.07) is 6.44. The molecule has 0 N–H and O–H groups in total. The Morgan fingerprint density at radius 2 is 2.03 bits per heavy atom. The minimum Gasteiger partial charge on any atom is -0.497 e. The highest BCUT2D eigenvalue weighted by Gasteiger charge is 2.33. The summed E-state index contributed by atoms with van der Waals surface area (Å²) in [6.45, 7) is -0.999. The van der Waals surface area contributed by atoms with Gasteiger partial charge in [-0.05, 0) is 31.0 Å². The molecule has 1 saturated heterocycles. The van der Waals surface area contributed by atoms with E-state index in [1.54, 1.807) is 31.3 Å². The van der Waals surface area contributed by atoms with Crippen LogP contribution in [0.15, 0.2) is 30.5 Å². The summed E-state index contributed by atoms with van der Waals surface area (Å²) in [5, 5.41) is -0.164. The van der Waals surface area contributed by atoms with Crippen LogP contribution >= 0.6 is 11.6 Å². The zero-order valence-corrected chi connectivity index (χ0v) is 17.1. The van der Waals surface area contributed by atoms with E-state index in [2.05, 4.69) is 9.72 Å². The van der Waals surface area contributed by atoms with Crippen LogP contribution in [0.25, 0.3) is 0 Å². The van der Waals surface area contributed by atoms with Gasteiger partial charge in [0.2, 0.25) is 5.88 Å². The zero-order chi connectivity index (χ0) is 21.9. The number of alkyl halides is 3. The van der Waals surface area contributed by atoms with Gasteiger partial charge in [0.1, 0.15) is 16.5 Å². The molecular weight excluding hydrogens is 425 g/mol. The number of hydrogen-bond acceptors (Lipinski definition) is 5. The Balaban J connectivity index is 1.82. The molecule has 0 aliphatic carbocycles. The smallest absolute Gasteiger partial charge is 0.422 e. The van der Waals surface area contributed by atoms with Crippen LogP contribution < -0.4 is 14.2 Å². The zero-order valence-electron chi connectivity index (χ0n) is 16.3. The molecule has 1 aromatic carbocycles. The van der Waals surface area contributed by atoms with E-state index in [9.17, 15) is 18.0 Å². The largest absolute Gasteiger partial charge is 0.497 e. The number of hydrogen-bond donors (Lipinski definition) is 0. The molecular formula is C20H20ClF3N2O4. The fourth-order valence-corrected chi connectivity index (χ4v) is 3.61. The minimum atomic E-state index is -4.51. The van der Waals surface area contributed by atoms with E-state index in [4.69, 9.17) is 21.1 Å². The van der Waals surface area contributed by atoms with Crippen LogP contribution in [0.5, 0.6) is 17.4 Å². The molecule has 10 heteroatoms. The van der Waals surface area contributed by atoms with Crippen molar-refractivity contribution in [1.82, 2.24) is 9.88 Å². The van der Waals surface area contributed by atoms with E-state index < -0.39 is 12.8 Å². The lowest BCUT2D eigenvalue weighted by Crippen LogP contribution is -2.31. The number of rotatable bonds is 6. The maximum absolute atomic E-state index is 13.1. The highest BCUT2D eigenvalue weighted by atomic mass is 35.5. The summed E-state index contributed by atoms with van der Waals surface area (Å²) in [5.41, 5.74) is 1.01. The average molecular weight is 445 g/mol. The molecule has 162 valence electrons. The van der Waals surface area contributed by atoms with E-state index in [1.807, 2.05) is 6.07 Å². The summed E-state index contributed by atoms with van der Waals surface area (Å²) >= 11 is 5.98. The van der Waals surface area contributed by atoms with Gasteiger partial charge in [-0.1, -0.05) is 11.6 Å². The first kappa shape index (κ1) is 22.0. The van der Waals surface area contributed by atoms with Crippen LogP contribution in [0.4, 0.5) is 13.2 Å². The lowest BCUT2D eigenvalue weighted by atomic mass is 10.0. The first-order chi connectivity index (χ1) is 14.2. The van der Waals surface area contributed by atoms with Crippen molar-refractivity contribution in [2.45, 2.75) is 25.1 Å². The summed E-state index contributed by atoms with van der Waals surface area (Å²) in [7, 11) is 3.10. The highest BCUT2D eigenvalue weighted by Crippen LogP contribution is 2.39. The van der Waals surface area contributed by atoms with E-state index in [1.165, 1.54) is 12.3 Å². The quantitative estimate of drug-likeness (QED) is 0.648. The van der Waals surface area contributed by atoms with Gasteiger partial charge in [-0.2, -0.15) is 13.2 Å². The molecule has 0 bridgehead atoms. The SMILES string of the molecule is COc1ccc(C2CCCN2C(=O)c2cnc(OCC(F)(F)F)c(Cl)c2)c(OC)c1. The molecule has 1 aliphatic heterocycles. The number of likely N-dealkylation sites (tertiary alicyclic amines) is 1. The lowest BCUT2D eigenvalue weighted by Gasteiger charge is -2.26. The predicted molar refractivity (Wildman–Crippen MR) is 103 cm³/mol. The molecule has 0 spiro atoms. The van der Waals surface area contributed by atoms with Gasteiger partial charge in [-0.3, -0.25) is 4.79 Å². The Hall–Kier alpha value is -2.68. The van der Waals surface area contributed by atoms with Crippen molar-refractivity contribution in [3.05, 3.63) is 46.6 Å². The fourth-order valence-electron chi connectivity index (χ4n) is 3.39. The number of carbonyl (C=O) groups is 1. The van der Waals surface area contributed by atoms with Gasteiger partial charge in [0, 0.05) is 24.4 Å². The van der Waals surface area contributed by atoms with Crippen LogP contribution in [0.1, 0.15) is 34.8 Å². The highest BCUT2D eigenvalue weighted by molar-refractivity contribution is 6.32. The number of halogens is 4. The Morgan fingerprint density at radius 1 is 1.27 bits per heavy atom. The van der Waals surface area contributed by atoms with Gasteiger partial charge in [-0.15, -0.1) is 0 Å². The van der Waals surface area contributed by atoms with Crippen LogP contribution in [-0.4, -0.2) is 49.3 Å². The molecule has 30 heavy (non-hydrogen) atoms. The Morgan fingerprint density at radius 3 is 2.67 bits per heavy atom. The first-order valence-corrected chi connectivity index (χ1v) is 9.49. The van der Waals surface area contributed by atoms with Gasteiger partial charge in [0.25, 0.3) is 5.91 Å². The van der Waals surface area contributed by atoms with Crippen LogP contribution in [-0.2, 0) is 0 Å². The van der Waals surface area contributed by atoms with Crippen molar-refractivity contribution in [2.75, 3.05) is 27.4 Å². The van der Waals surface area contributed by atoms with E-state index in [0.717, 1.165) is 18.4 Å². The number of pyridine rings is 1. The third-order valence-corrected chi connectivity index (χ3v) is 5.01. The van der Waals surface area contributed by atoms with Crippen LogP contribution in [0.2, 0.25) is 5.02 Å². The molecule has 1 aromatic heterocycles. The molecule has 1 atom stereocenters. The van der Waals surface area contributed by atoms with Crippen molar-refractivity contribution in [1.29, 1.82) is 0 Å². The van der Waals surface area contributed by atoms with Crippen molar-refractivity contribution in [3.8, 4) is 17.4 Å². The third-order valence-electron chi connectivity index (χ3n) is 4.74. The van der Waals surface area contributed by atoms with Gasteiger partial charge in [0.05, 0.1) is 25.8 Å². The van der Waals surface area contributed by atoms with Crippen LogP contribution in [0.3, 0.4) is 0 Å². The number of nitrogens with zero attached hydrogens (tertiary/aromatic N) is 2. The van der Waals surface area contributed by atoms with Crippen molar-refractivity contribution >= 4 is 17.5 Å². The molecule has 0 saturated carbocycles. The number of ether oxygens (including phenoxy) is 3. The lowest BCUT2D eigenvalue weighted by molar-refractivity contribution is -0.154.